The predicted octanol–water partition coefficient (Wildman–Crippen LogP) is 3.02. The molecular weight excluding hydrogens is 531 g/mol. The summed E-state index contributed by atoms with van der Waals surface area (Å²) in [7, 11) is 5.17. The van der Waals surface area contributed by atoms with E-state index in [-0.39, 0.29) is 30.1 Å². The van der Waals surface area contributed by atoms with Gasteiger partial charge in [-0.2, -0.15) is 0 Å². The second kappa shape index (κ2) is 12.4. The molecule has 33 heavy (non-hydrogen) atoms. The second-order valence-corrected chi connectivity index (χ2v) is 8.25. The standard InChI is InChI=1S/C25H34N4O3.HI/c1-26-25(27-12-11-19-9-10-22(30-2)23(15-19)31-3)29-17-21-24(18-29)32-14-13-28(21)16-20-7-5-4-6-8-20;/h4-10,15,21,24H,11-14,16-18H2,1-3H3,(H,26,27);1H. The van der Waals surface area contributed by atoms with Crippen LogP contribution in [0.15, 0.2) is 53.5 Å². The molecule has 0 aliphatic carbocycles. The maximum Gasteiger partial charge on any atom is 0.193 e. The molecule has 0 amide bonds. The highest BCUT2D eigenvalue weighted by molar-refractivity contribution is 14.0. The van der Waals surface area contributed by atoms with Crippen LogP contribution in [-0.2, 0) is 17.7 Å². The lowest BCUT2D eigenvalue weighted by atomic mass is 10.1. The molecule has 0 aromatic heterocycles. The normalized spacial score (nSPS) is 20.7. The molecule has 2 atom stereocenters. The maximum absolute atomic E-state index is 6.12. The SMILES string of the molecule is CN=C(NCCc1ccc(OC)c(OC)c1)N1CC2OCCN(Cc3ccccc3)C2C1.I. The predicted molar refractivity (Wildman–Crippen MR) is 142 cm³/mol. The maximum atomic E-state index is 6.12. The lowest BCUT2D eigenvalue weighted by Crippen LogP contribution is -2.50. The number of fused-ring (bicyclic) bond motifs is 1. The minimum Gasteiger partial charge on any atom is -0.493 e. The Kier molecular flexibility index (Phi) is 9.64. The van der Waals surface area contributed by atoms with Crippen LogP contribution in [0.25, 0.3) is 0 Å². The van der Waals surface area contributed by atoms with Crippen molar-refractivity contribution in [3.63, 3.8) is 0 Å². The Hall–Kier alpha value is -2.04. The van der Waals surface area contributed by atoms with E-state index in [9.17, 15) is 0 Å². The van der Waals surface area contributed by atoms with Gasteiger partial charge < -0.3 is 24.4 Å². The van der Waals surface area contributed by atoms with Gasteiger partial charge in [0.25, 0.3) is 0 Å². The Balaban J connectivity index is 0.00000306. The molecule has 2 aromatic carbocycles. The highest BCUT2D eigenvalue weighted by atomic mass is 127. The summed E-state index contributed by atoms with van der Waals surface area (Å²) in [4.78, 5) is 9.42. The number of ether oxygens (including phenoxy) is 3. The molecule has 2 unspecified atom stereocenters. The highest BCUT2D eigenvalue weighted by Crippen LogP contribution is 2.28. The van der Waals surface area contributed by atoms with Crippen molar-refractivity contribution in [2.24, 2.45) is 4.99 Å². The van der Waals surface area contributed by atoms with Gasteiger partial charge in [0.2, 0.25) is 0 Å². The largest absolute Gasteiger partial charge is 0.493 e. The molecule has 2 saturated heterocycles. The summed E-state index contributed by atoms with van der Waals surface area (Å²) in [5.41, 5.74) is 2.54. The van der Waals surface area contributed by atoms with Gasteiger partial charge in [0, 0.05) is 39.8 Å². The number of benzene rings is 2. The fourth-order valence-corrected chi connectivity index (χ4v) is 4.63. The van der Waals surface area contributed by atoms with Gasteiger partial charge in [0.15, 0.2) is 17.5 Å². The van der Waals surface area contributed by atoms with Crippen LogP contribution < -0.4 is 14.8 Å². The average Bonchev–Trinajstić information content (AvgIpc) is 3.27. The van der Waals surface area contributed by atoms with Crippen LogP contribution in [0.5, 0.6) is 11.5 Å². The molecule has 0 radical (unpaired) electrons. The first-order valence-electron chi connectivity index (χ1n) is 11.3. The van der Waals surface area contributed by atoms with Crippen molar-refractivity contribution >= 4 is 29.9 Å². The monoisotopic (exact) mass is 566 g/mol. The lowest BCUT2D eigenvalue weighted by Gasteiger charge is -2.36. The van der Waals surface area contributed by atoms with E-state index in [1.54, 1.807) is 14.2 Å². The van der Waals surface area contributed by atoms with Crippen LogP contribution in [0.3, 0.4) is 0 Å². The van der Waals surface area contributed by atoms with Crippen molar-refractivity contribution in [2.45, 2.75) is 25.1 Å². The lowest BCUT2D eigenvalue weighted by molar-refractivity contribution is -0.0502. The van der Waals surface area contributed by atoms with Gasteiger partial charge in [-0.1, -0.05) is 36.4 Å². The van der Waals surface area contributed by atoms with E-state index < -0.39 is 0 Å². The van der Waals surface area contributed by atoms with E-state index in [0.717, 1.165) is 63.2 Å². The number of methoxy groups -OCH3 is 2. The number of nitrogens with zero attached hydrogens (tertiary/aromatic N) is 3. The van der Waals surface area contributed by atoms with Crippen LogP contribution in [0.4, 0.5) is 0 Å². The van der Waals surface area contributed by atoms with Gasteiger partial charge in [0.1, 0.15) is 0 Å². The number of rotatable bonds is 7. The minimum absolute atomic E-state index is 0. The average molecular weight is 566 g/mol. The molecule has 0 saturated carbocycles. The molecule has 180 valence electrons. The number of aliphatic imine (C=N–C) groups is 1. The molecule has 8 heteroatoms. The molecule has 0 spiro atoms. The van der Waals surface area contributed by atoms with Crippen LogP contribution in [0, 0.1) is 0 Å². The minimum atomic E-state index is 0. The number of morpholine rings is 1. The van der Waals surface area contributed by atoms with Gasteiger partial charge in [-0.25, -0.2) is 0 Å². The third-order valence-electron chi connectivity index (χ3n) is 6.30. The highest BCUT2D eigenvalue weighted by Gasteiger charge is 2.41. The number of likely N-dealkylation sites (tertiary alicyclic amines) is 1. The van der Waals surface area contributed by atoms with E-state index in [0.29, 0.717) is 6.04 Å². The Morgan fingerprint density at radius 2 is 1.85 bits per heavy atom. The molecule has 2 aliphatic heterocycles. The van der Waals surface area contributed by atoms with Crippen molar-refractivity contribution in [3.05, 3.63) is 59.7 Å². The molecule has 4 rings (SSSR count). The van der Waals surface area contributed by atoms with Crippen molar-refractivity contribution in [3.8, 4) is 11.5 Å². The first kappa shape index (κ1) is 25.6. The van der Waals surface area contributed by atoms with Crippen molar-refractivity contribution < 1.29 is 14.2 Å². The fourth-order valence-electron chi connectivity index (χ4n) is 4.63. The molecular formula is C25H35IN4O3. The van der Waals surface area contributed by atoms with Crippen LogP contribution in [0.2, 0.25) is 0 Å². The second-order valence-electron chi connectivity index (χ2n) is 8.25. The Bertz CT molecular complexity index is 912. The molecule has 2 aromatic rings. The first-order valence-corrected chi connectivity index (χ1v) is 11.3. The number of hydrogen-bond acceptors (Lipinski definition) is 5. The summed E-state index contributed by atoms with van der Waals surface area (Å²) < 4.78 is 16.9. The number of nitrogens with one attached hydrogen (secondary N) is 1. The van der Waals surface area contributed by atoms with E-state index in [1.165, 1.54) is 11.1 Å². The van der Waals surface area contributed by atoms with Crippen LogP contribution in [-0.4, -0.2) is 82.0 Å². The van der Waals surface area contributed by atoms with Gasteiger partial charge in [0.05, 0.1) is 33.0 Å². The molecule has 7 nitrogen and oxygen atoms in total. The molecule has 0 bridgehead atoms. The van der Waals surface area contributed by atoms with E-state index in [1.807, 2.05) is 19.2 Å². The van der Waals surface area contributed by atoms with Crippen molar-refractivity contribution in [2.75, 3.05) is 54.1 Å². The zero-order valence-corrected chi connectivity index (χ0v) is 22.0. The molecule has 2 aliphatic rings. The third-order valence-corrected chi connectivity index (χ3v) is 6.30. The number of halogens is 1. The number of hydrogen-bond donors (Lipinski definition) is 1. The van der Waals surface area contributed by atoms with Gasteiger partial charge in [-0.05, 0) is 29.7 Å². The Labute approximate surface area is 214 Å². The summed E-state index contributed by atoms with van der Waals surface area (Å²) in [6.45, 7) is 5.30. The third kappa shape index (κ3) is 6.30. The Morgan fingerprint density at radius 1 is 1.06 bits per heavy atom. The van der Waals surface area contributed by atoms with E-state index in [2.05, 4.69) is 56.5 Å². The van der Waals surface area contributed by atoms with Crippen LogP contribution in [0.1, 0.15) is 11.1 Å². The van der Waals surface area contributed by atoms with Crippen molar-refractivity contribution in [1.82, 2.24) is 15.1 Å². The summed E-state index contributed by atoms with van der Waals surface area (Å²) in [5, 5.41) is 3.53. The summed E-state index contributed by atoms with van der Waals surface area (Å²) in [6, 6.07) is 17.1. The van der Waals surface area contributed by atoms with Gasteiger partial charge in [-0.3, -0.25) is 9.89 Å². The molecule has 2 fully saturated rings. The smallest absolute Gasteiger partial charge is 0.193 e. The quantitative estimate of drug-likeness (QED) is 0.316. The van der Waals surface area contributed by atoms with Gasteiger partial charge in [-0.15, -0.1) is 24.0 Å². The first-order chi connectivity index (χ1) is 15.7. The zero-order chi connectivity index (χ0) is 22.3. The topological polar surface area (TPSA) is 58.6 Å². The molecule has 2 heterocycles. The summed E-state index contributed by atoms with van der Waals surface area (Å²) in [5.74, 6) is 2.44. The summed E-state index contributed by atoms with van der Waals surface area (Å²) >= 11 is 0. The summed E-state index contributed by atoms with van der Waals surface area (Å²) in [6.07, 6.45) is 1.09. The number of guanidine groups is 1. The van der Waals surface area contributed by atoms with Crippen LogP contribution >= 0.6 is 24.0 Å². The van der Waals surface area contributed by atoms with Gasteiger partial charge >= 0.3 is 0 Å². The molecule has 1 N–H and O–H groups in total. The Morgan fingerprint density at radius 3 is 2.58 bits per heavy atom. The van der Waals surface area contributed by atoms with E-state index >= 15 is 0 Å². The van der Waals surface area contributed by atoms with E-state index in [4.69, 9.17) is 14.2 Å². The zero-order valence-electron chi connectivity index (χ0n) is 19.7. The van der Waals surface area contributed by atoms with Crippen molar-refractivity contribution in [1.29, 1.82) is 0 Å². The fraction of sp³-hybridized carbons (Fsp3) is 0.480.